The molecule has 0 bridgehead atoms. The van der Waals surface area contributed by atoms with Crippen LogP contribution in [0.1, 0.15) is 5.69 Å². The van der Waals surface area contributed by atoms with Crippen molar-refractivity contribution in [2.45, 2.75) is 13.1 Å². The first-order valence-corrected chi connectivity index (χ1v) is 9.46. The second-order valence-electron chi connectivity index (χ2n) is 6.81. The van der Waals surface area contributed by atoms with E-state index in [0.29, 0.717) is 5.69 Å². The minimum absolute atomic E-state index is 0.0335. The number of aromatic nitrogens is 4. The van der Waals surface area contributed by atoms with Gasteiger partial charge in [0.2, 0.25) is 5.91 Å². The molecule has 0 unspecified atom stereocenters. The van der Waals surface area contributed by atoms with E-state index in [1.165, 1.54) is 36.5 Å². The van der Waals surface area contributed by atoms with Gasteiger partial charge in [0.25, 0.3) is 11.2 Å². The number of benzene rings is 1. The second kappa shape index (κ2) is 8.60. The molecule has 0 aliphatic heterocycles. The molecule has 11 nitrogen and oxygen atoms in total. The minimum atomic E-state index is -0.699. The number of pyridine rings is 2. The molecule has 0 aliphatic carbocycles. The second-order valence-corrected chi connectivity index (χ2v) is 6.81. The number of hydrogen-bond acceptors (Lipinski definition) is 7. The van der Waals surface area contributed by atoms with Crippen molar-refractivity contribution in [3.63, 3.8) is 0 Å². The number of anilines is 1. The standard InChI is InChI=1S/C21H16N6O5/c28-18(24-14-6-3-7-16(11-14)27(31)32)13-25-17-8-4-10-23-19(17)20(29)26(21(25)30)12-15-5-1-2-9-22-15/h1-11H,12-13H2,(H,24,28). The van der Waals surface area contributed by atoms with Gasteiger partial charge in [-0.2, -0.15) is 0 Å². The molecule has 0 spiro atoms. The Labute approximate surface area is 179 Å². The highest BCUT2D eigenvalue weighted by Crippen LogP contribution is 2.17. The summed E-state index contributed by atoms with van der Waals surface area (Å²) in [7, 11) is 0. The lowest BCUT2D eigenvalue weighted by Crippen LogP contribution is -2.42. The molecule has 0 aliphatic rings. The van der Waals surface area contributed by atoms with Crippen molar-refractivity contribution in [2.75, 3.05) is 5.32 Å². The Morgan fingerprint density at radius 3 is 2.56 bits per heavy atom. The number of fused-ring (bicyclic) bond motifs is 1. The molecule has 3 heterocycles. The molecule has 0 fully saturated rings. The van der Waals surface area contributed by atoms with E-state index in [9.17, 15) is 24.5 Å². The molecule has 0 atom stereocenters. The first-order chi connectivity index (χ1) is 15.4. The SMILES string of the molecule is O=C(Cn1c(=O)n(Cc2ccccn2)c(=O)c2ncccc21)Nc1cccc([N+](=O)[O-])c1. The fourth-order valence-electron chi connectivity index (χ4n) is 3.23. The molecular weight excluding hydrogens is 416 g/mol. The van der Waals surface area contributed by atoms with Gasteiger partial charge >= 0.3 is 5.69 Å². The van der Waals surface area contributed by atoms with Crippen molar-refractivity contribution < 1.29 is 9.72 Å². The summed E-state index contributed by atoms with van der Waals surface area (Å²) in [5.74, 6) is -0.596. The van der Waals surface area contributed by atoms with Gasteiger partial charge in [-0.3, -0.25) is 33.8 Å². The van der Waals surface area contributed by atoms with Crippen molar-refractivity contribution in [3.05, 3.63) is 104 Å². The molecule has 1 N–H and O–H groups in total. The van der Waals surface area contributed by atoms with Crippen LogP contribution in [0.3, 0.4) is 0 Å². The summed E-state index contributed by atoms with van der Waals surface area (Å²) in [5.41, 5.74) is -0.531. The number of carbonyl (C=O) groups is 1. The molecule has 0 saturated heterocycles. The predicted octanol–water partition coefficient (Wildman–Crippen LogP) is 1.55. The van der Waals surface area contributed by atoms with Gasteiger partial charge in [0.05, 0.1) is 22.7 Å². The monoisotopic (exact) mass is 432 g/mol. The van der Waals surface area contributed by atoms with E-state index in [-0.39, 0.29) is 29.0 Å². The lowest BCUT2D eigenvalue weighted by atomic mass is 10.3. The van der Waals surface area contributed by atoms with Gasteiger partial charge in [0.1, 0.15) is 6.54 Å². The van der Waals surface area contributed by atoms with Crippen LogP contribution in [0.4, 0.5) is 11.4 Å². The van der Waals surface area contributed by atoms with Gasteiger partial charge in [-0.25, -0.2) is 9.78 Å². The molecule has 0 saturated carbocycles. The Kier molecular flexibility index (Phi) is 5.53. The van der Waals surface area contributed by atoms with Crippen molar-refractivity contribution in [1.82, 2.24) is 19.1 Å². The van der Waals surface area contributed by atoms with Gasteiger partial charge < -0.3 is 5.32 Å². The van der Waals surface area contributed by atoms with Gasteiger partial charge in [0.15, 0.2) is 5.52 Å². The summed E-state index contributed by atoms with van der Waals surface area (Å²) >= 11 is 0. The molecule has 1 amide bonds. The number of hydrogen-bond donors (Lipinski definition) is 1. The summed E-state index contributed by atoms with van der Waals surface area (Å²) in [6.45, 7) is -0.510. The van der Waals surface area contributed by atoms with Crippen LogP contribution < -0.4 is 16.6 Å². The van der Waals surface area contributed by atoms with E-state index in [0.717, 1.165) is 9.13 Å². The highest BCUT2D eigenvalue weighted by molar-refractivity contribution is 5.91. The van der Waals surface area contributed by atoms with Crippen LogP contribution in [0.25, 0.3) is 11.0 Å². The fraction of sp³-hybridized carbons (Fsp3) is 0.0952. The van der Waals surface area contributed by atoms with Crippen LogP contribution in [-0.2, 0) is 17.9 Å². The third kappa shape index (κ3) is 4.12. The molecule has 1 aromatic carbocycles. The number of non-ortho nitro benzene ring substituents is 1. The predicted molar refractivity (Wildman–Crippen MR) is 115 cm³/mol. The topological polar surface area (TPSA) is 142 Å². The Morgan fingerprint density at radius 2 is 1.81 bits per heavy atom. The van der Waals surface area contributed by atoms with E-state index in [4.69, 9.17) is 0 Å². The quantitative estimate of drug-likeness (QED) is 0.360. The summed E-state index contributed by atoms with van der Waals surface area (Å²) in [6, 6.07) is 13.6. The van der Waals surface area contributed by atoms with E-state index < -0.39 is 28.6 Å². The first kappa shape index (κ1) is 20.6. The molecule has 11 heteroatoms. The summed E-state index contributed by atoms with van der Waals surface area (Å²) < 4.78 is 2.11. The van der Waals surface area contributed by atoms with Crippen LogP contribution in [-0.4, -0.2) is 29.9 Å². The van der Waals surface area contributed by atoms with Crippen LogP contribution in [0.15, 0.2) is 76.6 Å². The molecule has 32 heavy (non-hydrogen) atoms. The molecule has 4 aromatic rings. The number of nitro groups is 1. The lowest BCUT2D eigenvalue weighted by Gasteiger charge is -2.13. The first-order valence-electron chi connectivity index (χ1n) is 9.46. The van der Waals surface area contributed by atoms with Gasteiger partial charge in [-0.1, -0.05) is 12.1 Å². The van der Waals surface area contributed by atoms with E-state index in [1.54, 1.807) is 30.5 Å². The zero-order chi connectivity index (χ0) is 22.7. The van der Waals surface area contributed by atoms with Crippen molar-refractivity contribution in [1.29, 1.82) is 0 Å². The number of nitrogens with one attached hydrogen (secondary N) is 1. The maximum absolute atomic E-state index is 13.1. The third-order valence-electron chi connectivity index (χ3n) is 4.68. The van der Waals surface area contributed by atoms with E-state index in [1.807, 2.05) is 0 Å². The maximum Gasteiger partial charge on any atom is 0.332 e. The molecule has 3 aromatic heterocycles. The van der Waals surface area contributed by atoms with Crippen molar-refractivity contribution in [3.8, 4) is 0 Å². The van der Waals surface area contributed by atoms with E-state index in [2.05, 4.69) is 15.3 Å². The van der Waals surface area contributed by atoms with Crippen LogP contribution >= 0.6 is 0 Å². The number of nitrogens with zero attached hydrogens (tertiary/aromatic N) is 5. The van der Waals surface area contributed by atoms with Crippen LogP contribution in [0, 0.1) is 10.1 Å². The Balaban J connectivity index is 1.72. The zero-order valence-corrected chi connectivity index (χ0v) is 16.5. The number of amides is 1. The Hall–Kier alpha value is -4.67. The van der Waals surface area contributed by atoms with Crippen LogP contribution in [0.5, 0.6) is 0 Å². The van der Waals surface area contributed by atoms with Gasteiger partial charge in [-0.05, 0) is 30.3 Å². The van der Waals surface area contributed by atoms with Crippen LogP contribution in [0.2, 0.25) is 0 Å². The molecular formula is C21H16N6O5. The largest absolute Gasteiger partial charge is 0.332 e. The highest BCUT2D eigenvalue weighted by atomic mass is 16.6. The van der Waals surface area contributed by atoms with Crippen molar-refractivity contribution in [2.24, 2.45) is 0 Å². The Morgan fingerprint density at radius 1 is 1.00 bits per heavy atom. The maximum atomic E-state index is 13.1. The average molecular weight is 432 g/mol. The van der Waals surface area contributed by atoms with Crippen molar-refractivity contribution >= 4 is 28.3 Å². The summed E-state index contributed by atoms with van der Waals surface area (Å²) in [5, 5.41) is 13.5. The number of rotatable bonds is 6. The third-order valence-corrected chi connectivity index (χ3v) is 4.68. The van der Waals surface area contributed by atoms with E-state index >= 15 is 0 Å². The fourth-order valence-corrected chi connectivity index (χ4v) is 3.23. The molecule has 4 rings (SSSR count). The molecule has 0 radical (unpaired) electrons. The highest BCUT2D eigenvalue weighted by Gasteiger charge is 2.17. The number of carbonyl (C=O) groups excluding carboxylic acids is 1. The lowest BCUT2D eigenvalue weighted by molar-refractivity contribution is -0.384. The Bertz CT molecular complexity index is 1440. The number of nitro benzene ring substituents is 1. The average Bonchev–Trinajstić information content (AvgIpc) is 2.80. The smallest absolute Gasteiger partial charge is 0.324 e. The van der Waals surface area contributed by atoms with Gasteiger partial charge in [0, 0.05) is 30.2 Å². The van der Waals surface area contributed by atoms with Gasteiger partial charge in [-0.15, -0.1) is 0 Å². The normalized spacial score (nSPS) is 10.8. The summed E-state index contributed by atoms with van der Waals surface area (Å²) in [4.78, 5) is 57.3. The zero-order valence-electron chi connectivity index (χ0n) is 16.5. The minimum Gasteiger partial charge on any atom is -0.324 e. The summed E-state index contributed by atoms with van der Waals surface area (Å²) in [6.07, 6.45) is 2.97. The molecule has 160 valence electrons.